The minimum absolute atomic E-state index is 0.0953. The van der Waals surface area contributed by atoms with Gasteiger partial charge in [0.15, 0.2) is 0 Å². The molecule has 4 atom stereocenters. The molecule has 1 aliphatic heterocycles. The summed E-state index contributed by atoms with van der Waals surface area (Å²) in [5.74, 6) is 0.300. The van der Waals surface area contributed by atoms with Crippen molar-refractivity contribution in [2.45, 2.75) is 24.0 Å². The van der Waals surface area contributed by atoms with Crippen LogP contribution in [0.25, 0.3) is 0 Å². The Balaban J connectivity index is 2.03. The van der Waals surface area contributed by atoms with Gasteiger partial charge in [-0.25, -0.2) is 4.79 Å². The average Bonchev–Trinajstić information content (AvgIpc) is 2.75. The van der Waals surface area contributed by atoms with Crippen LogP contribution in [0.3, 0.4) is 0 Å². The van der Waals surface area contributed by atoms with Gasteiger partial charge < -0.3 is 14.7 Å². The van der Waals surface area contributed by atoms with Crippen LogP contribution in [-0.4, -0.2) is 51.9 Å². The van der Waals surface area contributed by atoms with Gasteiger partial charge in [0.05, 0.1) is 23.4 Å². The van der Waals surface area contributed by atoms with Gasteiger partial charge in [-0.05, 0) is 12.1 Å². The summed E-state index contributed by atoms with van der Waals surface area (Å²) in [5.41, 5.74) is 0. The number of cyclic esters (lactones) is 1. The molecule has 1 aromatic carbocycles. The molecule has 20 heavy (non-hydrogen) atoms. The number of rotatable bonds is 5. The Kier molecular flexibility index (Phi) is 4.77. The van der Waals surface area contributed by atoms with Crippen molar-refractivity contribution < 1.29 is 18.8 Å². The van der Waals surface area contributed by atoms with Crippen LogP contribution in [0, 0.1) is 5.92 Å². The van der Waals surface area contributed by atoms with Crippen molar-refractivity contribution in [3.63, 3.8) is 0 Å². The first kappa shape index (κ1) is 15.0. The summed E-state index contributed by atoms with van der Waals surface area (Å²) in [4.78, 5) is 13.7. The third-order valence-corrected chi connectivity index (χ3v) is 5.20. The maximum atomic E-state index is 12.3. The van der Waals surface area contributed by atoms with Gasteiger partial charge in [-0.2, -0.15) is 0 Å². The third kappa shape index (κ3) is 3.02. The van der Waals surface area contributed by atoms with Crippen LogP contribution in [-0.2, 0) is 15.5 Å². The standard InChI is InChI=1S/C14H19NO4S/c1-10(9-20(18)11-6-4-3-5-7-11)13-12(8-16)15(2)14(17)19-13/h3-7,10,12-13,16H,8-9H2,1-2H3/t10-,12-,13-,20?/m1/s1. The summed E-state index contributed by atoms with van der Waals surface area (Å²) in [6.45, 7) is 1.73. The van der Waals surface area contributed by atoms with Crippen LogP contribution in [0.2, 0.25) is 0 Å². The maximum absolute atomic E-state index is 12.3. The fourth-order valence-corrected chi connectivity index (χ4v) is 3.68. The van der Waals surface area contributed by atoms with E-state index in [2.05, 4.69) is 0 Å². The molecule has 1 aromatic rings. The molecule has 1 fully saturated rings. The van der Waals surface area contributed by atoms with E-state index in [1.807, 2.05) is 37.3 Å². The number of hydrogen-bond acceptors (Lipinski definition) is 4. The molecule has 1 saturated heterocycles. The van der Waals surface area contributed by atoms with Crippen LogP contribution in [0.1, 0.15) is 6.92 Å². The number of nitrogens with zero attached hydrogens (tertiary/aromatic N) is 1. The molecular formula is C14H19NO4S. The highest BCUT2D eigenvalue weighted by molar-refractivity contribution is 7.85. The number of ether oxygens (including phenoxy) is 1. The summed E-state index contributed by atoms with van der Waals surface area (Å²) in [6, 6.07) is 8.83. The number of likely N-dealkylation sites (N-methyl/N-ethyl adjacent to an activating group) is 1. The lowest BCUT2D eigenvalue weighted by molar-refractivity contribution is 0.0870. The molecule has 0 aromatic heterocycles. The van der Waals surface area contributed by atoms with E-state index in [1.54, 1.807) is 7.05 Å². The summed E-state index contributed by atoms with van der Waals surface area (Å²) >= 11 is 0. The Labute approximate surface area is 121 Å². The van der Waals surface area contributed by atoms with Crippen LogP contribution < -0.4 is 0 Å². The minimum Gasteiger partial charge on any atom is -0.443 e. The minimum atomic E-state index is -1.14. The fraction of sp³-hybridized carbons (Fsp3) is 0.500. The monoisotopic (exact) mass is 297 g/mol. The maximum Gasteiger partial charge on any atom is 0.410 e. The van der Waals surface area contributed by atoms with Gasteiger partial charge in [0, 0.05) is 23.6 Å². The number of amides is 1. The van der Waals surface area contributed by atoms with E-state index >= 15 is 0 Å². The number of carbonyl (C=O) groups excluding carboxylic acids is 1. The molecule has 110 valence electrons. The molecule has 1 N–H and O–H groups in total. The highest BCUT2D eigenvalue weighted by atomic mass is 32.2. The van der Waals surface area contributed by atoms with Gasteiger partial charge >= 0.3 is 6.09 Å². The number of aliphatic hydroxyl groups is 1. The van der Waals surface area contributed by atoms with Crippen LogP contribution in [0.5, 0.6) is 0 Å². The van der Waals surface area contributed by atoms with Crippen molar-refractivity contribution in [1.82, 2.24) is 4.90 Å². The average molecular weight is 297 g/mol. The molecule has 1 heterocycles. The van der Waals surface area contributed by atoms with E-state index in [-0.39, 0.29) is 18.6 Å². The van der Waals surface area contributed by atoms with E-state index in [4.69, 9.17) is 4.74 Å². The normalized spacial score (nSPS) is 25.4. The number of aliphatic hydroxyl groups excluding tert-OH is 1. The summed E-state index contributed by atoms with van der Waals surface area (Å²) in [7, 11) is 0.461. The lowest BCUT2D eigenvalue weighted by Gasteiger charge is -2.23. The largest absolute Gasteiger partial charge is 0.443 e. The molecule has 0 aliphatic carbocycles. The highest BCUT2D eigenvalue weighted by Gasteiger charge is 2.42. The fourth-order valence-electron chi connectivity index (χ4n) is 2.36. The van der Waals surface area contributed by atoms with Crippen LogP contribution >= 0.6 is 0 Å². The Morgan fingerprint density at radius 1 is 1.40 bits per heavy atom. The van der Waals surface area contributed by atoms with Gasteiger partial charge in [-0.1, -0.05) is 25.1 Å². The van der Waals surface area contributed by atoms with Crippen LogP contribution in [0.4, 0.5) is 4.79 Å². The molecule has 1 amide bonds. The summed E-state index contributed by atoms with van der Waals surface area (Å²) in [6.07, 6.45) is -0.864. The molecule has 1 aliphatic rings. The number of hydrogen-bond donors (Lipinski definition) is 1. The first-order valence-corrected chi connectivity index (χ1v) is 7.84. The second kappa shape index (κ2) is 6.37. The van der Waals surface area contributed by atoms with E-state index < -0.39 is 23.0 Å². The molecule has 0 saturated carbocycles. The highest BCUT2D eigenvalue weighted by Crippen LogP contribution is 2.25. The van der Waals surface area contributed by atoms with Crippen molar-refractivity contribution >= 4 is 16.9 Å². The van der Waals surface area contributed by atoms with Gasteiger partial charge in [0.1, 0.15) is 6.10 Å². The Bertz CT molecular complexity index is 493. The van der Waals surface area contributed by atoms with Gasteiger partial charge in [-0.3, -0.25) is 4.21 Å². The quantitative estimate of drug-likeness (QED) is 0.888. The van der Waals surface area contributed by atoms with Gasteiger partial charge in [-0.15, -0.1) is 0 Å². The number of benzene rings is 1. The predicted octanol–water partition coefficient (Wildman–Crippen LogP) is 1.24. The van der Waals surface area contributed by atoms with Crippen molar-refractivity contribution in [2.75, 3.05) is 19.4 Å². The number of carbonyl (C=O) groups is 1. The smallest absolute Gasteiger partial charge is 0.410 e. The molecule has 6 heteroatoms. The first-order valence-electron chi connectivity index (χ1n) is 6.52. The molecule has 0 radical (unpaired) electrons. The molecule has 2 rings (SSSR count). The van der Waals surface area contributed by atoms with E-state index in [9.17, 15) is 14.1 Å². The van der Waals surface area contributed by atoms with E-state index in [1.165, 1.54) is 4.90 Å². The first-order chi connectivity index (χ1) is 9.54. The summed E-state index contributed by atoms with van der Waals surface area (Å²) in [5, 5.41) is 9.37. The van der Waals surface area contributed by atoms with E-state index in [0.29, 0.717) is 5.75 Å². The van der Waals surface area contributed by atoms with Crippen molar-refractivity contribution in [2.24, 2.45) is 5.92 Å². The third-order valence-electron chi connectivity index (χ3n) is 3.57. The molecule has 1 unspecified atom stereocenters. The lowest BCUT2D eigenvalue weighted by atomic mass is 10.0. The zero-order valence-corrected chi connectivity index (χ0v) is 12.4. The predicted molar refractivity (Wildman–Crippen MR) is 75.8 cm³/mol. The molecule has 0 spiro atoms. The Morgan fingerprint density at radius 3 is 2.65 bits per heavy atom. The SMILES string of the molecule is C[C@H](CS(=O)c1ccccc1)[C@H]1OC(=O)N(C)[C@@H]1CO. The second-order valence-electron chi connectivity index (χ2n) is 5.01. The molecular weight excluding hydrogens is 278 g/mol. The van der Waals surface area contributed by atoms with Crippen molar-refractivity contribution in [3.8, 4) is 0 Å². The Morgan fingerprint density at radius 2 is 2.05 bits per heavy atom. The van der Waals surface area contributed by atoms with Gasteiger partial charge in [0.25, 0.3) is 0 Å². The zero-order chi connectivity index (χ0) is 14.7. The van der Waals surface area contributed by atoms with Gasteiger partial charge in [0.2, 0.25) is 0 Å². The molecule has 5 nitrogen and oxygen atoms in total. The van der Waals surface area contributed by atoms with Crippen molar-refractivity contribution in [1.29, 1.82) is 0 Å². The van der Waals surface area contributed by atoms with Crippen molar-refractivity contribution in [3.05, 3.63) is 30.3 Å². The zero-order valence-electron chi connectivity index (χ0n) is 11.6. The molecule has 0 bridgehead atoms. The topological polar surface area (TPSA) is 66.8 Å². The second-order valence-corrected chi connectivity index (χ2v) is 6.51. The Hall–Kier alpha value is -1.40. The van der Waals surface area contributed by atoms with E-state index in [0.717, 1.165) is 4.90 Å². The van der Waals surface area contributed by atoms with Crippen LogP contribution in [0.15, 0.2) is 35.2 Å². The summed E-state index contributed by atoms with van der Waals surface area (Å²) < 4.78 is 17.5. The lowest BCUT2D eigenvalue weighted by Crippen LogP contribution is -2.40.